The van der Waals surface area contributed by atoms with Crippen LogP contribution in [-0.2, 0) is 0 Å². The van der Waals surface area contributed by atoms with Crippen molar-refractivity contribution in [3.05, 3.63) is 309 Å². The summed E-state index contributed by atoms with van der Waals surface area (Å²) < 4.78 is 22.4. The minimum absolute atomic E-state index is 0.886. The van der Waals surface area contributed by atoms with Crippen molar-refractivity contribution < 1.29 is 13.3 Å². The summed E-state index contributed by atoms with van der Waals surface area (Å²) in [6.07, 6.45) is 0. The summed E-state index contributed by atoms with van der Waals surface area (Å²) in [5.41, 5.74) is 19.9. The molecular formula is C90H51NO3. The molecule has 17 aromatic carbocycles. The van der Waals surface area contributed by atoms with Crippen LogP contribution in [0.15, 0.2) is 323 Å². The fourth-order valence-corrected chi connectivity index (χ4v) is 16.0. The lowest BCUT2D eigenvalue weighted by Crippen LogP contribution is -1.95. The standard InChI is InChI=1S/C90H51NO3/c1-3-25-65-63(23-1)75-46-54(52-17-11-19-56(43-52)60-30-14-33-72-69-27-5-8-36-85(69)92-88(60)72)39-41-67(75)79-50-83-81(48-77(65)79)82-49-78-66-26-4-2-24-64(66)76-47-55(53-18-12-20-57(44-53)61-31-15-34-73-70-28-6-9-37-86(70)93-89(61)73)40-42-68(76)80(78)51-84(82)91(83)59-22-13-21-58(45-59)62-32-16-35-74-71-29-7-10-38-87(71)94-90(62)74/h1-51H. The number of hydrogen-bond donors (Lipinski definition) is 0. The maximum absolute atomic E-state index is 6.72. The van der Waals surface area contributed by atoms with Gasteiger partial charge in [-0.1, -0.05) is 231 Å². The normalized spacial score (nSPS) is 12.3. The second-order valence-electron chi connectivity index (χ2n) is 25.3. The average molecular weight is 1190 g/mol. The Hall–Kier alpha value is -12.5. The number of nitrogens with zero attached hydrogens (tertiary/aromatic N) is 1. The van der Waals surface area contributed by atoms with E-state index in [0.29, 0.717) is 0 Å². The highest BCUT2D eigenvalue weighted by Crippen LogP contribution is 2.48. The van der Waals surface area contributed by atoms with E-state index in [2.05, 4.69) is 296 Å². The zero-order valence-corrected chi connectivity index (χ0v) is 50.6. The Kier molecular flexibility index (Phi) is 10.6. The van der Waals surface area contributed by atoms with Crippen molar-refractivity contribution in [2.75, 3.05) is 0 Å². The van der Waals surface area contributed by atoms with E-state index >= 15 is 0 Å². The molecule has 434 valence electrons. The molecule has 0 atom stereocenters. The number of aromatic nitrogens is 1. The highest BCUT2D eigenvalue weighted by molar-refractivity contribution is 6.32. The topological polar surface area (TPSA) is 44.4 Å². The Bertz CT molecular complexity index is 6530. The highest BCUT2D eigenvalue weighted by Gasteiger charge is 2.23. The van der Waals surface area contributed by atoms with Gasteiger partial charge in [0, 0.05) is 65.5 Å². The molecule has 21 rings (SSSR count). The first kappa shape index (κ1) is 51.3. The van der Waals surface area contributed by atoms with Gasteiger partial charge in [-0.25, -0.2) is 0 Å². The number of hydrogen-bond acceptors (Lipinski definition) is 3. The Morgan fingerprint density at radius 3 is 0.883 bits per heavy atom. The number of rotatable bonds is 6. The predicted octanol–water partition coefficient (Wildman–Crippen LogP) is 25.7. The SMILES string of the molecule is c1cc(-c2ccc3c(c2)c2ccccc2c2cc4c5cc6c7ccccc7c7cc(-c8cccc(-c9cccc%10c9oc9ccccc9%10)c8)ccc7c6cc5n(-c5cccc(-c6cccc7c6oc6ccccc67)c5)c4cc32)cc(-c2cccc3c2oc2ccccc23)c1. The van der Waals surface area contributed by atoms with Crippen LogP contribution >= 0.6 is 0 Å². The van der Waals surface area contributed by atoms with Crippen molar-refractivity contribution in [1.29, 1.82) is 0 Å². The molecule has 0 bridgehead atoms. The first-order chi connectivity index (χ1) is 46.6. The van der Waals surface area contributed by atoms with E-state index in [1.807, 2.05) is 18.2 Å². The Labute approximate surface area is 537 Å². The van der Waals surface area contributed by atoms with Crippen molar-refractivity contribution in [3.8, 4) is 61.3 Å². The summed E-state index contributed by atoms with van der Waals surface area (Å²) in [6, 6.07) is 113. The monoisotopic (exact) mass is 1190 g/mol. The highest BCUT2D eigenvalue weighted by atomic mass is 16.3. The van der Waals surface area contributed by atoms with E-state index in [9.17, 15) is 0 Å². The van der Waals surface area contributed by atoms with Gasteiger partial charge in [-0.15, -0.1) is 0 Å². The lowest BCUT2D eigenvalue weighted by molar-refractivity contribution is 0.669. The van der Waals surface area contributed by atoms with E-state index < -0.39 is 0 Å². The van der Waals surface area contributed by atoms with Crippen LogP contribution in [-0.4, -0.2) is 4.57 Å². The zero-order valence-electron chi connectivity index (χ0n) is 50.6. The second kappa shape index (κ2) is 19.5. The van der Waals surface area contributed by atoms with E-state index in [1.165, 1.54) is 75.4 Å². The second-order valence-corrected chi connectivity index (χ2v) is 25.3. The van der Waals surface area contributed by atoms with Gasteiger partial charge < -0.3 is 17.8 Å². The van der Waals surface area contributed by atoms with Gasteiger partial charge in [0.1, 0.15) is 33.5 Å². The molecule has 0 saturated heterocycles. The van der Waals surface area contributed by atoms with Crippen LogP contribution in [0, 0.1) is 0 Å². The smallest absolute Gasteiger partial charge is 0.143 e. The quantitative estimate of drug-likeness (QED) is 0.156. The van der Waals surface area contributed by atoms with Crippen molar-refractivity contribution in [2.45, 2.75) is 0 Å². The predicted molar refractivity (Wildman–Crippen MR) is 395 cm³/mol. The van der Waals surface area contributed by atoms with E-state index in [4.69, 9.17) is 13.3 Å². The summed E-state index contributed by atoms with van der Waals surface area (Å²) >= 11 is 0. The Morgan fingerprint density at radius 2 is 0.468 bits per heavy atom. The van der Waals surface area contributed by atoms with Crippen LogP contribution in [0.25, 0.3) is 214 Å². The first-order valence-electron chi connectivity index (χ1n) is 32.3. The van der Waals surface area contributed by atoms with Crippen LogP contribution in [0.5, 0.6) is 0 Å². The molecule has 4 heteroatoms. The van der Waals surface area contributed by atoms with E-state index in [1.54, 1.807) is 0 Å². The van der Waals surface area contributed by atoms with Gasteiger partial charge in [-0.3, -0.25) is 0 Å². The summed E-state index contributed by atoms with van der Waals surface area (Å²) in [7, 11) is 0. The number of para-hydroxylation sites is 6. The lowest BCUT2D eigenvalue weighted by atomic mass is 9.90. The molecule has 0 spiro atoms. The molecule has 0 aliphatic carbocycles. The maximum atomic E-state index is 6.72. The van der Waals surface area contributed by atoms with Gasteiger partial charge in [0.05, 0.1) is 11.0 Å². The van der Waals surface area contributed by atoms with Gasteiger partial charge in [0.25, 0.3) is 0 Å². The van der Waals surface area contributed by atoms with Crippen molar-refractivity contribution in [2.24, 2.45) is 0 Å². The zero-order chi connectivity index (χ0) is 61.3. The molecule has 0 amide bonds. The molecule has 0 radical (unpaired) electrons. The van der Waals surface area contributed by atoms with Crippen LogP contribution in [0.1, 0.15) is 0 Å². The van der Waals surface area contributed by atoms with Crippen LogP contribution in [0.3, 0.4) is 0 Å². The molecule has 0 unspecified atom stereocenters. The van der Waals surface area contributed by atoms with Gasteiger partial charge in [-0.05, 0) is 182 Å². The molecule has 0 fully saturated rings. The van der Waals surface area contributed by atoms with Gasteiger partial charge >= 0.3 is 0 Å². The number of furan rings is 3. The Balaban J connectivity index is 0.786. The molecule has 0 aliphatic heterocycles. The van der Waals surface area contributed by atoms with E-state index in [0.717, 1.165) is 138 Å². The largest absolute Gasteiger partial charge is 0.455 e. The third kappa shape index (κ3) is 7.45. The fraction of sp³-hybridized carbons (Fsp3) is 0. The Morgan fingerprint density at radius 1 is 0.170 bits per heavy atom. The minimum Gasteiger partial charge on any atom is -0.455 e. The molecule has 94 heavy (non-hydrogen) atoms. The minimum atomic E-state index is 0.886. The fourth-order valence-electron chi connectivity index (χ4n) is 16.0. The third-order valence-corrected chi connectivity index (χ3v) is 20.3. The van der Waals surface area contributed by atoms with Gasteiger partial charge in [0.2, 0.25) is 0 Å². The molecule has 0 saturated carbocycles. The third-order valence-electron chi connectivity index (χ3n) is 20.3. The van der Waals surface area contributed by atoms with Crippen molar-refractivity contribution >= 4 is 152 Å². The molecule has 4 nitrogen and oxygen atoms in total. The van der Waals surface area contributed by atoms with Gasteiger partial charge in [0.15, 0.2) is 0 Å². The van der Waals surface area contributed by atoms with E-state index in [-0.39, 0.29) is 0 Å². The average Bonchev–Trinajstić information content (AvgIpc) is 1.44. The van der Waals surface area contributed by atoms with Gasteiger partial charge in [-0.2, -0.15) is 0 Å². The maximum Gasteiger partial charge on any atom is 0.143 e. The molecule has 0 N–H and O–H groups in total. The van der Waals surface area contributed by atoms with Crippen LogP contribution < -0.4 is 0 Å². The number of benzene rings is 17. The summed E-state index contributed by atoms with van der Waals surface area (Å²) in [4.78, 5) is 0. The molecule has 0 aliphatic rings. The van der Waals surface area contributed by atoms with Crippen LogP contribution in [0.2, 0.25) is 0 Å². The molecular weight excluding hydrogens is 1140 g/mol. The van der Waals surface area contributed by atoms with Crippen molar-refractivity contribution in [1.82, 2.24) is 4.57 Å². The lowest BCUT2D eigenvalue weighted by Gasteiger charge is -2.15. The summed E-state index contributed by atoms with van der Waals surface area (Å²) in [5.74, 6) is 0. The molecule has 21 aromatic rings. The summed E-state index contributed by atoms with van der Waals surface area (Å²) in [6.45, 7) is 0. The van der Waals surface area contributed by atoms with Crippen molar-refractivity contribution in [3.63, 3.8) is 0 Å². The summed E-state index contributed by atoms with van der Waals surface area (Å²) in [5, 5.41) is 23.7. The molecule has 4 aromatic heterocycles. The van der Waals surface area contributed by atoms with Crippen LogP contribution in [0.4, 0.5) is 0 Å². The first-order valence-corrected chi connectivity index (χ1v) is 32.3. The number of fused-ring (bicyclic) bond motifs is 24. The molecule has 4 heterocycles.